The standard InChI is InChI=1S/C19H27N3O/c1-3-16(2)13-21-11-8-19(15-21)7-5-10-22(18(19)23)14-17-6-4-9-20-12-17/h3-4,6,9,12H,5,7-8,10-11,13-15H2,1-2H3/b16-3+/t19-/m1/s1. The molecule has 2 aliphatic heterocycles. The SMILES string of the molecule is C/C=C(\C)CN1CC[C@]2(CCCN(Cc3cccnc3)C2=O)C1. The third-order valence-electron chi connectivity index (χ3n) is 5.32. The van der Waals surface area contributed by atoms with E-state index in [0.717, 1.165) is 51.0 Å². The lowest BCUT2D eigenvalue weighted by Crippen LogP contribution is -2.49. The van der Waals surface area contributed by atoms with Crippen molar-refractivity contribution in [2.24, 2.45) is 5.41 Å². The van der Waals surface area contributed by atoms with E-state index in [0.29, 0.717) is 12.5 Å². The maximum absolute atomic E-state index is 13.1. The predicted molar refractivity (Wildman–Crippen MR) is 91.8 cm³/mol. The summed E-state index contributed by atoms with van der Waals surface area (Å²) in [5.41, 5.74) is 2.36. The molecule has 4 nitrogen and oxygen atoms in total. The summed E-state index contributed by atoms with van der Waals surface area (Å²) in [5, 5.41) is 0. The van der Waals surface area contributed by atoms with E-state index in [1.165, 1.54) is 5.57 Å². The van der Waals surface area contributed by atoms with Gasteiger partial charge < -0.3 is 4.90 Å². The van der Waals surface area contributed by atoms with Gasteiger partial charge in [0.15, 0.2) is 0 Å². The minimum absolute atomic E-state index is 0.144. The fourth-order valence-corrected chi connectivity index (χ4v) is 3.93. The third kappa shape index (κ3) is 3.47. The van der Waals surface area contributed by atoms with Gasteiger partial charge in [0.05, 0.1) is 5.41 Å². The lowest BCUT2D eigenvalue weighted by Gasteiger charge is -2.39. The summed E-state index contributed by atoms with van der Waals surface area (Å²) in [5.74, 6) is 0.355. The molecule has 0 radical (unpaired) electrons. The Labute approximate surface area is 139 Å². The van der Waals surface area contributed by atoms with Gasteiger partial charge in [-0.1, -0.05) is 17.7 Å². The van der Waals surface area contributed by atoms with Crippen LogP contribution in [0.5, 0.6) is 0 Å². The van der Waals surface area contributed by atoms with Crippen molar-refractivity contribution in [3.05, 3.63) is 41.7 Å². The second-order valence-electron chi connectivity index (χ2n) is 7.07. The Morgan fingerprint density at radius 1 is 1.39 bits per heavy atom. The smallest absolute Gasteiger partial charge is 0.230 e. The van der Waals surface area contributed by atoms with E-state index in [-0.39, 0.29) is 5.41 Å². The van der Waals surface area contributed by atoms with Crippen molar-refractivity contribution in [3.63, 3.8) is 0 Å². The molecule has 0 N–H and O–H groups in total. The molecule has 23 heavy (non-hydrogen) atoms. The monoisotopic (exact) mass is 313 g/mol. The molecule has 3 heterocycles. The molecule has 0 aliphatic carbocycles. The van der Waals surface area contributed by atoms with Crippen molar-refractivity contribution in [1.82, 2.24) is 14.8 Å². The van der Waals surface area contributed by atoms with E-state index >= 15 is 0 Å². The maximum Gasteiger partial charge on any atom is 0.230 e. The summed E-state index contributed by atoms with van der Waals surface area (Å²) < 4.78 is 0. The number of carbonyl (C=O) groups excluding carboxylic acids is 1. The first-order chi connectivity index (χ1) is 11.1. The molecule has 0 unspecified atom stereocenters. The summed E-state index contributed by atoms with van der Waals surface area (Å²) >= 11 is 0. The maximum atomic E-state index is 13.1. The number of rotatable bonds is 4. The molecule has 3 rings (SSSR count). The van der Waals surface area contributed by atoms with Gasteiger partial charge in [0, 0.05) is 38.6 Å². The van der Waals surface area contributed by atoms with Crippen LogP contribution in [0.4, 0.5) is 0 Å². The van der Waals surface area contributed by atoms with Crippen LogP contribution in [0.2, 0.25) is 0 Å². The molecular weight excluding hydrogens is 286 g/mol. The molecule has 1 aromatic heterocycles. The van der Waals surface area contributed by atoms with E-state index < -0.39 is 0 Å². The number of hydrogen-bond acceptors (Lipinski definition) is 3. The zero-order valence-electron chi connectivity index (χ0n) is 14.3. The molecule has 0 aromatic carbocycles. The molecule has 0 saturated carbocycles. The number of aromatic nitrogens is 1. The number of piperidine rings is 1. The number of likely N-dealkylation sites (tertiary alicyclic amines) is 2. The molecule has 1 amide bonds. The minimum Gasteiger partial charge on any atom is -0.338 e. The quantitative estimate of drug-likeness (QED) is 0.802. The van der Waals surface area contributed by atoms with Crippen molar-refractivity contribution in [2.75, 3.05) is 26.2 Å². The van der Waals surface area contributed by atoms with Crippen LogP contribution in [0.3, 0.4) is 0 Å². The van der Waals surface area contributed by atoms with Gasteiger partial charge in [-0.25, -0.2) is 0 Å². The first kappa shape index (κ1) is 16.2. The Hall–Kier alpha value is -1.68. The van der Waals surface area contributed by atoms with Crippen LogP contribution in [-0.4, -0.2) is 46.9 Å². The van der Waals surface area contributed by atoms with Crippen LogP contribution < -0.4 is 0 Å². The van der Waals surface area contributed by atoms with Gasteiger partial charge in [-0.15, -0.1) is 0 Å². The number of pyridine rings is 1. The molecule has 0 bridgehead atoms. The lowest BCUT2D eigenvalue weighted by molar-refractivity contribution is -0.146. The highest BCUT2D eigenvalue weighted by Crippen LogP contribution is 2.40. The Bertz CT molecular complexity index is 584. The topological polar surface area (TPSA) is 36.4 Å². The fraction of sp³-hybridized carbons (Fsp3) is 0.579. The molecule has 2 saturated heterocycles. The van der Waals surface area contributed by atoms with E-state index in [1.54, 1.807) is 6.20 Å². The van der Waals surface area contributed by atoms with Crippen molar-refractivity contribution in [2.45, 2.75) is 39.7 Å². The summed E-state index contributed by atoms with van der Waals surface area (Å²) in [6.45, 7) is 8.78. The Morgan fingerprint density at radius 3 is 3.00 bits per heavy atom. The van der Waals surface area contributed by atoms with Crippen molar-refractivity contribution >= 4 is 5.91 Å². The fourth-order valence-electron chi connectivity index (χ4n) is 3.93. The highest BCUT2D eigenvalue weighted by Gasteiger charge is 2.48. The average Bonchev–Trinajstić information content (AvgIpc) is 2.96. The molecule has 2 aliphatic rings. The van der Waals surface area contributed by atoms with E-state index in [9.17, 15) is 4.79 Å². The number of nitrogens with zero attached hydrogens (tertiary/aromatic N) is 3. The Kier molecular flexibility index (Phi) is 4.81. The largest absolute Gasteiger partial charge is 0.338 e. The van der Waals surface area contributed by atoms with Crippen LogP contribution in [0, 0.1) is 5.41 Å². The highest BCUT2D eigenvalue weighted by atomic mass is 16.2. The van der Waals surface area contributed by atoms with E-state index in [2.05, 4.69) is 35.9 Å². The minimum atomic E-state index is -0.144. The van der Waals surface area contributed by atoms with Crippen molar-refractivity contribution < 1.29 is 4.79 Å². The van der Waals surface area contributed by atoms with Gasteiger partial charge in [0.25, 0.3) is 0 Å². The molecule has 4 heteroatoms. The molecule has 2 fully saturated rings. The zero-order chi connectivity index (χ0) is 16.3. The number of amides is 1. The predicted octanol–water partition coefficient (Wildman–Crippen LogP) is 2.86. The molecule has 124 valence electrons. The third-order valence-corrected chi connectivity index (χ3v) is 5.32. The van der Waals surface area contributed by atoms with E-state index in [1.807, 2.05) is 17.2 Å². The first-order valence-electron chi connectivity index (χ1n) is 8.65. The van der Waals surface area contributed by atoms with Gasteiger partial charge in [-0.3, -0.25) is 14.7 Å². The summed E-state index contributed by atoms with van der Waals surface area (Å²) in [6, 6.07) is 3.99. The summed E-state index contributed by atoms with van der Waals surface area (Å²) in [7, 11) is 0. The number of hydrogen-bond donors (Lipinski definition) is 0. The second kappa shape index (κ2) is 6.83. The van der Waals surface area contributed by atoms with Crippen LogP contribution >= 0.6 is 0 Å². The Morgan fingerprint density at radius 2 is 2.26 bits per heavy atom. The van der Waals surface area contributed by atoms with Crippen LogP contribution in [0.25, 0.3) is 0 Å². The Balaban J connectivity index is 1.68. The normalized spacial score (nSPS) is 26.3. The van der Waals surface area contributed by atoms with Crippen LogP contribution in [0.15, 0.2) is 36.2 Å². The number of carbonyl (C=O) groups is 1. The first-order valence-corrected chi connectivity index (χ1v) is 8.65. The van der Waals surface area contributed by atoms with Gasteiger partial charge in [-0.2, -0.15) is 0 Å². The second-order valence-corrected chi connectivity index (χ2v) is 7.07. The zero-order valence-corrected chi connectivity index (χ0v) is 14.3. The summed E-state index contributed by atoms with van der Waals surface area (Å²) in [6.07, 6.45) is 8.98. The van der Waals surface area contributed by atoms with Gasteiger partial charge in [0.1, 0.15) is 0 Å². The summed E-state index contributed by atoms with van der Waals surface area (Å²) in [4.78, 5) is 21.8. The van der Waals surface area contributed by atoms with Crippen molar-refractivity contribution in [1.29, 1.82) is 0 Å². The van der Waals surface area contributed by atoms with Gasteiger partial charge in [0.2, 0.25) is 5.91 Å². The van der Waals surface area contributed by atoms with Crippen molar-refractivity contribution in [3.8, 4) is 0 Å². The lowest BCUT2D eigenvalue weighted by atomic mass is 9.78. The highest BCUT2D eigenvalue weighted by molar-refractivity contribution is 5.84. The molecule has 1 aromatic rings. The molecular formula is C19H27N3O. The molecule has 1 atom stereocenters. The van der Waals surface area contributed by atoms with E-state index in [4.69, 9.17) is 0 Å². The van der Waals surface area contributed by atoms with Gasteiger partial charge in [-0.05, 0) is 51.3 Å². The van der Waals surface area contributed by atoms with Crippen LogP contribution in [0.1, 0.15) is 38.7 Å². The van der Waals surface area contributed by atoms with Crippen LogP contribution in [-0.2, 0) is 11.3 Å². The number of allylic oxidation sites excluding steroid dienone is 1. The van der Waals surface area contributed by atoms with Gasteiger partial charge >= 0.3 is 0 Å². The molecule has 1 spiro atoms. The average molecular weight is 313 g/mol.